The molecular formula is C22H22N4O4. The van der Waals surface area contributed by atoms with E-state index in [1.165, 1.54) is 5.01 Å². The molecule has 0 amide bonds. The summed E-state index contributed by atoms with van der Waals surface area (Å²) >= 11 is 0. The Morgan fingerprint density at radius 3 is 2.20 bits per heavy atom. The van der Waals surface area contributed by atoms with Crippen LogP contribution in [0.5, 0.6) is 11.5 Å². The normalized spacial score (nSPS) is 11.6. The number of ether oxygens (including phenoxy) is 2. The Labute approximate surface area is 174 Å². The Hall–Kier alpha value is -3.94. The molecule has 3 aromatic carbocycles. The largest absolute Gasteiger partial charge is 0.490 e. The molecule has 8 heteroatoms. The molecule has 3 aromatic rings. The third kappa shape index (κ3) is 5.78. The van der Waals surface area contributed by atoms with E-state index in [4.69, 9.17) is 9.47 Å². The number of aliphatic carboxylic acids is 1. The Balaban J connectivity index is 1.54. The van der Waals surface area contributed by atoms with Crippen LogP contribution >= 0.6 is 0 Å². The molecule has 0 saturated carbocycles. The van der Waals surface area contributed by atoms with Gasteiger partial charge in [0.25, 0.3) is 0 Å². The van der Waals surface area contributed by atoms with Crippen LogP contribution in [0.2, 0.25) is 0 Å². The number of fused-ring (bicyclic) bond motifs is 1. The summed E-state index contributed by atoms with van der Waals surface area (Å²) in [7, 11) is 3.32. The highest BCUT2D eigenvalue weighted by Crippen LogP contribution is 2.20. The van der Waals surface area contributed by atoms with Crippen molar-refractivity contribution in [3.63, 3.8) is 0 Å². The third-order valence-corrected chi connectivity index (χ3v) is 4.04. The maximum absolute atomic E-state index is 11.4. The molecule has 0 aromatic heterocycles. The number of carbonyl (C=O) groups is 1. The molecule has 0 aliphatic carbocycles. The molecule has 154 valence electrons. The summed E-state index contributed by atoms with van der Waals surface area (Å²) in [6.07, 6.45) is 0. The van der Waals surface area contributed by atoms with Gasteiger partial charge in [-0.1, -0.05) is 35.6 Å². The summed E-state index contributed by atoms with van der Waals surface area (Å²) in [4.78, 5) is 11.4. The highest BCUT2D eigenvalue weighted by Gasteiger charge is 2.13. The van der Waals surface area contributed by atoms with Gasteiger partial charge in [0.1, 0.15) is 24.7 Å². The van der Waals surface area contributed by atoms with E-state index in [-0.39, 0.29) is 5.71 Å². The lowest BCUT2D eigenvalue weighted by molar-refractivity contribution is -0.129. The number of hydrogen-bond donors (Lipinski definition) is 1. The maximum Gasteiger partial charge on any atom is 0.357 e. The molecule has 3 rings (SSSR count). The standard InChI is InChI=1S/C22H22N4O4/c1-26(2)25-24-23-21(22(27)28)17-8-10-19(11-9-17)29-13-14-30-20-12-7-16-5-3-4-6-18(16)15-20/h3-12,15H,13-14H2,1-2H3,(H,27,28)/b23-21-,25-24+. The molecule has 0 unspecified atom stereocenters. The number of rotatable bonds is 9. The number of hydrogen-bond acceptors (Lipinski definition) is 5. The molecule has 1 N–H and O–H groups in total. The molecule has 0 heterocycles. The van der Waals surface area contributed by atoms with Crippen LogP contribution in [-0.2, 0) is 4.79 Å². The van der Waals surface area contributed by atoms with Crippen molar-refractivity contribution in [2.24, 2.45) is 15.5 Å². The first kappa shape index (κ1) is 20.8. The smallest absolute Gasteiger partial charge is 0.357 e. The molecule has 0 atom stereocenters. The van der Waals surface area contributed by atoms with Crippen LogP contribution in [0.1, 0.15) is 5.56 Å². The first-order valence-corrected chi connectivity index (χ1v) is 9.27. The van der Waals surface area contributed by atoms with E-state index in [2.05, 4.69) is 21.6 Å². The van der Waals surface area contributed by atoms with Crippen molar-refractivity contribution in [1.29, 1.82) is 0 Å². The lowest BCUT2D eigenvalue weighted by Crippen LogP contribution is -2.14. The number of carboxylic acid groups (broad SMARTS) is 1. The Morgan fingerprint density at radius 2 is 1.53 bits per heavy atom. The van der Waals surface area contributed by atoms with Gasteiger partial charge in [0, 0.05) is 19.7 Å². The fourth-order valence-electron chi connectivity index (χ4n) is 2.65. The SMILES string of the molecule is CN(C)/N=N/N=C(\C(=O)O)c1ccc(OCCOc2ccc3ccccc3c2)cc1. The van der Waals surface area contributed by atoms with Crippen molar-refractivity contribution in [2.45, 2.75) is 0 Å². The summed E-state index contributed by atoms with van der Waals surface area (Å²) in [5, 5.41) is 23.8. The van der Waals surface area contributed by atoms with Gasteiger partial charge < -0.3 is 14.6 Å². The molecule has 0 fully saturated rings. The van der Waals surface area contributed by atoms with Crippen molar-refractivity contribution in [2.75, 3.05) is 27.3 Å². The molecule has 0 bridgehead atoms. The second kappa shape index (κ2) is 10.0. The van der Waals surface area contributed by atoms with E-state index in [0.29, 0.717) is 24.5 Å². The fraction of sp³-hybridized carbons (Fsp3) is 0.182. The van der Waals surface area contributed by atoms with E-state index in [0.717, 1.165) is 16.5 Å². The predicted molar refractivity (Wildman–Crippen MR) is 114 cm³/mol. The minimum atomic E-state index is -1.19. The molecule has 0 aliphatic rings. The van der Waals surface area contributed by atoms with Gasteiger partial charge in [-0.3, -0.25) is 5.01 Å². The molecule has 0 spiro atoms. The van der Waals surface area contributed by atoms with Crippen molar-refractivity contribution in [3.05, 3.63) is 72.3 Å². The fourth-order valence-corrected chi connectivity index (χ4v) is 2.65. The van der Waals surface area contributed by atoms with Crippen LogP contribution in [0.25, 0.3) is 10.8 Å². The first-order chi connectivity index (χ1) is 14.5. The lowest BCUT2D eigenvalue weighted by atomic mass is 10.1. The quantitative estimate of drug-likeness (QED) is 0.251. The van der Waals surface area contributed by atoms with Crippen LogP contribution < -0.4 is 9.47 Å². The van der Waals surface area contributed by atoms with E-state index >= 15 is 0 Å². The minimum absolute atomic E-state index is 0.202. The zero-order chi connectivity index (χ0) is 21.3. The number of benzene rings is 3. The lowest BCUT2D eigenvalue weighted by Gasteiger charge is -2.09. The zero-order valence-electron chi connectivity index (χ0n) is 16.7. The highest BCUT2D eigenvalue weighted by atomic mass is 16.5. The van der Waals surface area contributed by atoms with Gasteiger partial charge in [0.15, 0.2) is 5.71 Å². The number of carboxylic acids is 1. The van der Waals surface area contributed by atoms with Crippen LogP contribution in [0.15, 0.2) is 82.3 Å². The van der Waals surface area contributed by atoms with Crippen LogP contribution in [0, 0.1) is 0 Å². The van der Waals surface area contributed by atoms with Gasteiger partial charge in [-0.25, -0.2) is 4.79 Å². The van der Waals surface area contributed by atoms with Crippen LogP contribution in [-0.4, -0.2) is 49.1 Å². The summed E-state index contributed by atoms with van der Waals surface area (Å²) in [5.41, 5.74) is 0.201. The Morgan fingerprint density at radius 1 is 0.900 bits per heavy atom. The molecule has 0 radical (unpaired) electrons. The minimum Gasteiger partial charge on any atom is -0.490 e. The average molecular weight is 406 g/mol. The summed E-state index contributed by atoms with van der Waals surface area (Å²) in [6, 6.07) is 20.6. The van der Waals surface area contributed by atoms with E-state index in [1.54, 1.807) is 38.4 Å². The van der Waals surface area contributed by atoms with E-state index in [1.807, 2.05) is 36.4 Å². The molecule has 0 aliphatic heterocycles. The Bertz CT molecular complexity index is 1060. The summed E-state index contributed by atoms with van der Waals surface area (Å²) in [6.45, 7) is 0.732. The highest BCUT2D eigenvalue weighted by molar-refractivity contribution is 6.42. The van der Waals surface area contributed by atoms with Gasteiger partial charge in [-0.2, -0.15) is 0 Å². The van der Waals surface area contributed by atoms with Crippen molar-refractivity contribution in [1.82, 2.24) is 5.01 Å². The van der Waals surface area contributed by atoms with E-state index < -0.39 is 5.97 Å². The monoisotopic (exact) mass is 406 g/mol. The predicted octanol–water partition coefficient (Wildman–Crippen LogP) is 4.02. The topological polar surface area (TPSA) is 96.1 Å². The first-order valence-electron chi connectivity index (χ1n) is 9.27. The molecular weight excluding hydrogens is 384 g/mol. The van der Waals surface area contributed by atoms with Crippen molar-refractivity contribution in [3.8, 4) is 11.5 Å². The second-order valence-electron chi connectivity index (χ2n) is 6.51. The molecule has 30 heavy (non-hydrogen) atoms. The van der Waals surface area contributed by atoms with Crippen LogP contribution in [0.4, 0.5) is 0 Å². The van der Waals surface area contributed by atoms with Gasteiger partial charge in [0.2, 0.25) is 0 Å². The van der Waals surface area contributed by atoms with Crippen molar-refractivity contribution < 1.29 is 19.4 Å². The Kier molecular flexibility index (Phi) is 6.94. The third-order valence-electron chi connectivity index (χ3n) is 4.04. The maximum atomic E-state index is 11.4. The second-order valence-corrected chi connectivity index (χ2v) is 6.51. The molecule has 0 saturated heterocycles. The van der Waals surface area contributed by atoms with Crippen molar-refractivity contribution >= 4 is 22.5 Å². The number of nitrogens with zero attached hydrogens (tertiary/aromatic N) is 4. The van der Waals surface area contributed by atoms with Gasteiger partial charge >= 0.3 is 5.97 Å². The van der Waals surface area contributed by atoms with Gasteiger partial charge in [-0.15, -0.1) is 5.10 Å². The molecule has 8 nitrogen and oxygen atoms in total. The zero-order valence-corrected chi connectivity index (χ0v) is 16.7. The average Bonchev–Trinajstić information content (AvgIpc) is 2.74. The van der Waals surface area contributed by atoms with Gasteiger partial charge in [0.05, 0.1) is 0 Å². The van der Waals surface area contributed by atoms with E-state index in [9.17, 15) is 9.90 Å². The summed E-state index contributed by atoms with van der Waals surface area (Å²) in [5.74, 6) is 0.188. The van der Waals surface area contributed by atoms with Gasteiger partial charge in [-0.05, 0) is 52.4 Å². The summed E-state index contributed by atoms with van der Waals surface area (Å²) < 4.78 is 11.4. The van der Waals surface area contributed by atoms with Crippen LogP contribution in [0.3, 0.4) is 0 Å².